The summed E-state index contributed by atoms with van der Waals surface area (Å²) in [5.41, 5.74) is 2.68. The van der Waals surface area contributed by atoms with Gasteiger partial charge in [0, 0.05) is 18.1 Å². The SMILES string of the molecule is CCC(C)(C)c1ccc(OCCNCc2ccccc2Cl)cc1. The van der Waals surface area contributed by atoms with Crippen molar-refractivity contribution < 1.29 is 4.74 Å². The second-order valence-electron chi connectivity index (χ2n) is 6.38. The lowest BCUT2D eigenvalue weighted by molar-refractivity contribution is 0.313. The summed E-state index contributed by atoms with van der Waals surface area (Å²) in [6.45, 7) is 8.93. The van der Waals surface area contributed by atoms with E-state index in [0.717, 1.165) is 35.8 Å². The molecule has 1 N–H and O–H groups in total. The summed E-state index contributed by atoms with van der Waals surface area (Å²) in [7, 11) is 0. The number of rotatable bonds is 8. The Hall–Kier alpha value is -1.51. The van der Waals surface area contributed by atoms with Crippen LogP contribution in [0.2, 0.25) is 5.02 Å². The van der Waals surface area contributed by atoms with Crippen molar-refractivity contribution in [3.05, 3.63) is 64.7 Å². The second-order valence-corrected chi connectivity index (χ2v) is 6.79. The quantitative estimate of drug-likeness (QED) is 0.671. The maximum absolute atomic E-state index is 6.13. The van der Waals surface area contributed by atoms with Crippen molar-refractivity contribution in [1.82, 2.24) is 5.32 Å². The Morgan fingerprint density at radius 1 is 1.04 bits per heavy atom. The normalized spacial score (nSPS) is 11.5. The van der Waals surface area contributed by atoms with Crippen LogP contribution in [0.4, 0.5) is 0 Å². The van der Waals surface area contributed by atoms with Crippen LogP contribution >= 0.6 is 11.6 Å². The molecule has 0 radical (unpaired) electrons. The molecular weight excluding hydrogens is 306 g/mol. The van der Waals surface area contributed by atoms with Crippen molar-refractivity contribution in [3.8, 4) is 5.75 Å². The molecule has 0 aromatic heterocycles. The summed E-state index contributed by atoms with van der Waals surface area (Å²) in [4.78, 5) is 0. The highest BCUT2D eigenvalue weighted by molar-refractivity contribution is 6.31. The summed E-state index contributed by atoms with van der Waals surface area (Å²) in [6.07, 6.45) is 1.12. The van der Waals surface area contributed by atoms with Gasteiger partial charge in [-0.25, -0.2) is 0 Å². The van der Waals surface area contributed by atoms with Gasteiger partial charge in [-0.2, -0.15) is 0 Å². The molecule has 0 aliphatic rings. The zero-order valence-electron chi connectivity index (χ0n) is 14.2. The zero-order valence-corrected chi connectivity index (χ0v) is 15.0. The van der Waals surface area contributed by atoms with Crippen LogP contribution in [0.25, 0.3) is 0 Å². The molecule has 3 heteroatoms. The molecule has 0 bridgehead atoms. The van der Waals surface area contributed by atoms with Gasteiger partial charge in [-0.15, -0.1) is 0 Å². The van der Waals surface area contributed by atoms with E-state index >= 15 is 0 Å². The van der Waals surface area contributed by atoms with Crippen LogP contribution in [-0.2, 0) is 12.0 Å². The van der Waals surface area contributed by atoms with Crippen molar-refractivity contribution in [2.45, 2.75) is 39.2 Å². The lowest BCUT2D eigenvalue weighted by atomic mass is 9.82. The van der Waals surface area contributed by atoms with Crippen LogP contribution in [0.15, 0.2) is 48.5 Å². The van der Waals surface area contributed by atoms with E-state index in [1.807, 2.05) is 24.3 Å². The van der Waals surface area contributed by atoms with Crippen LogP contribution in [0.3, 0.4) is 0 Å². The van der Waals surface area contributed by atoms with Gasteiger partial charge in [0.05, 0.1) is 0 Å². The Morgan fingerprint density at radius 2 is 1.74 bits per heavy atom. The summed E-state index contributed by atoms with van der Waals surface area (Å²) >= 11 is 6.13. The molecule has 0 unspecified atom stereocenters. The fraction of sp³-hybridized carbons (Fsp3) is 0.400. The summed E-state index contributed by atoms with van der Waals surface area (Å²) in [5, 5.41) is 4.15. The molecule has 2 nitrogen and oxygen atoms in total. The first kappa shape index (κ1) is 17.8. The largest absolute Gasteiger partial charge is 0.492 e. The van der Waals surface area contributed by atoms with Gasteiger partial charge in [-0.3, -0.25) is 0 Å². The van der Waals surface area contributed by atoms with Gasteiger partial charge >= 0.3 is 0 Å². The lowest BCUT2D eigenvalue weighted by Crippen LogP contribution is -2.20. The van der Waals surface area contributed by atoms with E-state index in [4.69, 9.17) is 16.3 Å². The van der Waals surface area contributed by atoms with Crippen molar-refractivity contribution >= 4 is 11.6 Å². The molecule has 23 heavy (non-hydrogen) atoms. The fourth-order valence-electron chi connectivity index (χ4n) is 2.31. The van der Waals surface area contributed by atoms with Crippen LogP contribution in [0.5, 0.6) is 5.75 Å². The first-order valence-electron chi connectivity index (χ1n) is 8.20. The number of hydrogen-bond donors (Lipinski definition) is 1. The molecule has 0 heterocycles. The van der Waals surface area contributed by atoms with Gasteiger partial charge in [-0.1, -0.05) is 62.7 Å². The lowest BCUT2D eigenvalue weighted by Gasteiger charge is -2.23. The minimum atomic E-state index is 0.217. The Labute approximate surface area is 144 Å². The molecule has 0 atom stereocenters. The number of halogens is 1. The highest BCUT2D eigenvalue weighted by Crippen LogP contribution is 2.27. The van der Waals surface area contributed by atoms with Gasteiger partial charge in [0.25, 0.3) is 0 Å². The first-order chi connectivity index (χ1) is 11.0. The van der Waals surface area contributed by atoms with Crippen molar-refractivity contribution in [2.75, 3.05) is 13.2 Å². The molecule has 2 aromatic rings. The van der Waals surface area contributed by atoms with Crippen LogP contribution in [0.1, 0.15) is 38.3 Å². The number of ether oxygens (including phenoxy) is 1. The third-order valence-electron chi connectivity index (χ3n) is 4.34. The monoisotopic (exact) mass is 331 g/mol. The van der Waals surface area contributed by atoms with Gasteiger partial charge in [-0.05, 0) is 41.2 Å². The number of hydrogen-bond acceptors (Lipinski definition) is 2. The molecule has 124 valence electrons. The summed E-state index contributed by atoms with van der Waals surface area (Å²) in [6, 6.07) is 16.3. The van der Waals surface area contributed by atoms with Crippen LogP contribution in [-0.4, -0.2) is 13.2 Å². The standard InChI is InChI=1S/C20H26ClNO/c1-4-20(2,3)17-9-11-18(12-10-17)23-14-13-22-15-16-7-5-6-8-19(16)21/h5-12,22H,4,13-15H2,1-3H3. The molecule has 0 amide bonds. The molecule has 2 rings (SSSR count). The summed E-state index contributed by atoms with van der Waals surface area (Å²) < 4.78 is 5.78. The predicted molar refractivity (Wildman–Crippen MR) is 98.4 cm³/mol. The average molecular weight is 332 g/mol. The topological polar surface area (TPSA) is 21.3 Å². The van der Waals surface area contributed by atoms with Gasteiger partial charge < -0.3 is 10.1 Å². The minimum absolute atomic E-state index is 0.217. The van der Waals surface area contributed by atoms with E-state index in [1.165, 1.54) is 5.56 Å². The van der Waals surface area contributed by atoms with E-state index in [2.05, 4.69) is 50.4 Å². The third-order valence-corrected chi connectivity index (χ3v) is 4.71. The van der Waals surface area contributed by atoms with Crippen molar-refractivity contribution in [1.29, 1.82) is 0 Å². The van der Waals surface area contributed by atoms with E-state index in [-0.39, 0.29) is 5.41 Å². The average Bonchev–Trinajstić information content (AvgIpc) is 2.56. The maximum atomic E-state index is 6.13. The van der Waals surface area contributed by atoms with E-state index in [0.29, 0.717) is 6.61 Å². The van der Waals surface area contributed by atoms with Gasteiger partial charge in [0.15, 0.2) is 0 Å². The molecule has 2 aromatic carbocycles. The number of benzene rings is 2. The van der Waals surface area contributed by atoms with Crippen molar-refractivity contribution in [2.24, 2.45) is 0 Å². The number of nitrogens with one attached hydrogen (secondary N) is 1. The van der Waals surface area contributed by atoms with E-state index < -0.39 is 0 Å². The third kappa shape index (κ3) is 5.26. The Balaban J connectivity index is 1.73. The highest BCUT2D eigenvalue weighted by Gasteiger charge is 2.17. The minimum Gasteiger partial charge on any atom is -0.492 e. The Morgan fingerprint density at radius 3 is 2.39 bits per heavy atom. The van der Waals surface area contributed by atoms with E-state index in [1.54, 1.807) is 0 Å². The molecule has 0 aliphatic carbocycles. The molecule has 0 spiro atoms. The molecule has 0 aliphatic heterocycles. The fourth-order valence-corrected chi connectivity index (χ4v) is 2.51. The molecule has 0 saturated heterocycles. The molecule has 0 saturated carbocycles. The second kappa shape index (κ2) is 8.37. The predicted octanol–water partition coefficient (Wildman–Crippen LogP) is 5.20. The molecular formula is C20H26ClNO. The van der Waals surface area contributed by atoms with Crippen molar-refractivity contribution in [3.63, 3.8) is 0 Å². The van der Waals surface area contributed by atoms with E-state index in [9.17, 15) is 0 Å². The van der Waals surface area contributed by atoms with Crippen LogP contribution < -0.4 is 10.1 Å². The molecule has 0 fully saturated rings. The summed E-state index contributed by atoms with van der Waals surface area (Å²) in [5.74, 6) is 0.917. The smallest absolute Gasteiger partial charge is 0.119 e. The van der Waals surface area contributed by atoms with Gasteiger partial charge in [0.1, 0.15) is 12.4 Å². The highest BCUT2D eigenvalue weighted by atomic mass is 35.5. The van der Waals surface area contributed by atoms with Gasteiger partial charge in [0.2, 0.25) is 0 Å². The maximum Gasteiger partial charge on any atom is 0.119 e. The van der Waals surface area contributed by atoms with Crippen LogP contribution in [0, 0.1) is 0 Å². The first-order valence-corrected chi connectivity index (χ1v) is 8.58. The Kier molecular flexibility index (Phi) is 6.49. The zero-order chi connectivity index (χ0) is 16.7. The Bertz CT molecular complexity index is 607.